The van der Waals surface area contributed by atoms with Crippen molar-refractivity contribution in [2.24, 2.45) is 0 Å². The van der Waals surface area contributed by atoms with E-state index in [0.29, 0.717) is 0 Å². The fraction of sp³-hybridized carbons (Fsp3) is 0.280. The van der Waals surface area contributed by atoms with Gasteiger partial charge in [0.2, 0.25) is 0 Å². The Balaban J connectivity index is 1.75. The van der Waals surface area contributed by atoms with Crippen LogP contribution in [0.5, 0.6) is 0 Å². The number of nitrogens with zero attached hydrogens (tertiary/aromatic N) is 3. The first-order valence-corrected chi connectivity index (χ1v) is 11.3. The largest absolute Gasteiger partial charge is 0.372 e. The lowest BCUT2D eigenvalue weighted by atomic mass is 10.0. The van der Waals surface area contributed by atoms with Crippen LogP contribution in [0.3, 0.4) is 0 Å². The predicted molar refractivity (Wildman–Crippen MR) is 130 cm³/mol. The summed E-state index contributed by atoms with van der Waals surface area (Å²) >= 11 is 1.66. The first-order valence-electron chi connectivity index (χ1n) is 10.4. The topological polar surface area (TPSA) is 41.0 Å². The molecule has 4 aromatic rings. The second-order valence-electron chi connectivity index (χ2n) is 7.65. The third-order valence-electron chi connectivity index (χ3n) is 5.78. The maximum atomic E-state index is 4.61. The first-order chi connectivity index (χ1) is 14.5. The Kier molecular flexibility index (Phi) is 5.73. The van der Waals surface area contributed by atoms with Crippen LogP contribution in [-0.2, 0) is 0 Å². The number of thiophene rings is 1. The molecule has 0 fully saturated rings. The molecule has 2 heterocycles. The predicted octanol–water partition coefficient (Wildman–Crippen LogP) is 6.87. The zero-order chi connectivity index (χ0) is 21.3. The average Bonchev–Trinajstić information content (AvgIpc) is 3.18. The van der Waals surface area contributed by atoms with E-state index in [0.717, 1.165) is 34.8 Å². The van der Waals surface area contributed by atoms with E-state index in [-0.39, 0.29) is 0 Å². The van der Waals surface area contributed by atoms with Gasteiger partial charge in [-0.15, -0.1) is 11.3 Å². The van der Waals surface area contributed by atoms with E-state index in [1.54, 1.807) is 17.7 Å². The van der Waals surface area contributed by atoms with Crippen molar-refractivity contribution in [3.05, 3.63) is 64.8 Å². The van der Waals surface area contributed by atoms with Gasteiger partial charge in [0.05, 0.1) is 5.39 Å². The van der Waals surface area contributed by atoms with Crippen molar-refractivity contribution in [2.45, 2.75) is 34.6 Å². The number of hydrogen-bond acceptors (Lipinski definition) is 5. The highest BCUT2D eigenvalue weighted by Crippen LogP contribution is 2.38. The van der Waals surface area contributed by atoms with Crippen molar-refractivity contribution in [3.8, 4) is 11.1 Å². The molecule has 4 nitrogen and oxygen atoms in total. The normalized spacial score (nSPS) is 11.1. The zero-order valence-corrected chi connectivity index (χ0v) is 19.1. The van der Waals surface area contributed by atoms with E-state index in [2.05, 4.69) is 96.6 Å². The molecule has 0 aliphatic rings. The van der Waals surface area contributed by atoms with Gasteiger partial charge in [-0.2, -0.15) is 0 Å². The summed E-state index contributed by atoms with van der Waals surface area (Å²) in [6, 6.07) is 13.2. The van der Waals surface area contributed by atoms with Crippen molar-refractivity contribution in [1.82, 2.24) is 9.97 Å². The van der Waals surface area contributed by atoms with E-state index >= 15 is 0 Å². The molecular formula is C25H28N4S. The van der Waals surface area contributed by atoms with Gasteiger partial charge < -0.3 is 10.2 Å². The van der Waals surface area contributed by atoms with E-state index in [1.807, 2.05) is 0 Å². The number of nitrogens with one attached hydrogen (secondary N) is 1. The highest BCUT2D eigenvalue weighted by molar-refractivity contribution is 7.17. The smallest absolute Gasteiger partial charge is 0.143 e. The Bertz CT molecular complexity index is 1190. The van der Waals surface area contributed by atoms with Gasteiger partial charge in [-0.05, 0) is 75.1 Å². The summed E-state index contributed by atoms with van der Waals surface area (Å²) in [4.78, 5) is 12.5. The highest BCUT2D eigenvalue weighted by Gasteiger charge is 2.15. The Morgan fingerprint density at radius 1 is 0.900 bits per heavy atom. The van der Waals surface area contributed by atoms with E-state index in [1.165, 1.54) is 33.5 Å². The SMILES string of the molecule is CCN(CC)c1ccc(Nc2ncnc3scc(-c4ccc(C)c(C)c4)c23)c(C)c1. The molecule has 0 amide bonds. The Morgan fingerprint density at radius 3 is 2.40 bits per heavy atom. The van der Waals surface area contributed by atoms with Crippen LogP contribution in [0, 0.1) is 20.8 Å². The number of aryl methyl sites for hydroxylation is 3. The number of rotatable bonds is 6. The number of anilines is 3. The monoisotopic (exact) mass is 416 g/mol. The van der Waals surface area contributed by atoms with Gasteiger partial charge in [0.25, 0.3) is 0 Å². The minimum atomic E-state index is 0.855. The van der Waals surface area contributed by atoms with Crippen molar-refractivity contribution < 1.29 is 0 Å². The fourth-order valence-corrected chi connectivity index (χ4v) is 4.71. The van der Waals surface area contributed by atoms with Crippen LogP contribution in [-0.4, -0.2) is 23.1 Å². The summed E-state index contributed by atoms with van der Waals surface area (Å²) < 4.78 is 0. The van der Waals surface area contributed by atoms with E-state index in [4.69, 9.17) is 0 Å². The summed E-state index contributed by atoms with van der Waals surface area (Å²) in [7, 11) is 0. The number of fused-ring (bicyclic) bond motifs is 1. The molecule has 4 rings (SSSR count). The number of hydrogen-bond donors (Lipinski definition) is 1. The summed E-state index contributed by atoms with van der Waals surface area (Å²) in [6.07, 6.45) is 1.64. The van der Waals surface area contributed by atoms with E-state index < -0.39 is 0 Å². The fourth-order valence-electron chi connectivity index (χ4n) is 3.79. The average molecular weight is 417 g/mol. The molecule has 0 spiro atoms. The number of aromatic nitrogens is 2. The van der Waals surface area contributed by atoms with Crippen LogP contribution in [0.1, 0.15) is 30.5 Å². The van der Waals surface area contributed by atoms with Crippen LogP contribution in [0.25, 0.3) is 21.3 Å². The van der Waals surface area contributed by atoms with Gasteiger partial charge in [-0.3, -0.25) is 0 Å². The molecule has 0 aliphatic carbocycles. The second-order valence-corrected chi connectivity index (χ2v) is 8.51. The van der Waals surface area contributed by atoms with Gasteiger partial charge in [0.15, 0.2) is 0 Å². The van der Waals surface area contributed by atoms with Crippen LogP contribution in [0.2, 0.25) is 0 Å². The third-order valence-corrected chi connectivity index (χ3v) is 6.67. The molecular weight excluding hydrogens is 388 g/mol. The van der Waals surface area contributed by atoms with Crippen molar-refractivity contribution in [1.29, 1.82) is 0 Å². The Hall–Kier alpha value is -2.92. The van der Waals surface area contributed by atoms with Gasteiger partial charge in [-0.25, -0.2) is 9.97 Å². The van der Waals surface area contributed by atoms with Crippen LogP contribution >= 0.6 is 11.3 Å². The standard InChI is InChI=1S/C25H28N4S/c1-6-29(7-2)20-10-11-22(18(5)13-20)28-24-23-21(14-30-25(23)27-15-26-24)19-9-8-16(3)17(4)12-19/h8-15H,6-7H2,1-5H3,(H,26,27,28). The van der Waals surface area contributed by atoms with Gasteiger partial charge >= 0.3 is 0 Å². The Morgan fingerprint density at radius 2 is 1.70 bits per heavy atom. The molecule has 0 saturated carbocycles. The first kappa shape index (κ1) is 20.4. The van der Waals surface area contributed by atoms with Crippen LogP contribution in [0.15, 0.2) is 48.1 Å². The zero-order valence-electron chi connectivity index (χ0n) is 18.3. The molecule has 2 aromatic carbocycles. The molecule has 0 unspecified atom stereocenters. The molecule has 1 N–H and O–H groups in total. The molecule has 0 atom stereocenters. The molecule has 0 bridgehead atoms. The summed E-state index contributed by atoms with van der Waals surface area (Å²) in [5.74, 6) is 0.855. The molecule has 0 aliphatic heterocycles. The van der Waals surface area contributed by atoms with Crippen molar-refractivity contribution in [2.75, 3.05) is 23.3 Å². The molecule has 30 heavy (non-hydrogen) atoms. The van der Waals surface area contributed by atoms with Gasteiger partial charge in [0.1, 0.15) is 17.0 Å². The molecule has 0 radical (unpaired) electrons. The maximum Gasteiger partial charge on any atom is 0.143 e. The van der Waals surface area contributed by atoms with Crippen LogP contribution in [0.4, 0.5) is 17.2 Å². The Labute approximate surface area is 182 Å². The molecule has 2 aromatic heterocycles. The highest BCUT2D eigenvalue weighted by atomic mass is 32.1. The summed E-state index contributed by atoms with van der Waals surface area (Å²) in [5, 5.41) is 6.84. The molecule has 5 heteroatoms. The quantitative estimate of drug-likeness (QED) is 0.372. The maximum absolute atomic E-state index is 4.61. The van der Waals surface area contributed by atoms with Gasteiger partial charge in [0, 0.05) is 35.4 Å². The van der Waals surface area contributed by atoms with Gasteiger partial charge in [-0.1, -0.05) is 18.2 Å². The lowest BCUT2D eigenvalue weighted by Crippen LogP contribution is -2.21. The lowest BCUT2D eigenvalue weighted by Gasteiger charge is -2.22. The third kappa shape index (κ3) is 3.77. The lowest BCUT2D eigenvalue weighted by molar-refractivity contribution is 0.866. The number of benzene rings is 2. The minimum Gasteiger partial charge on any atom is -0.372 e. The van der Waals surface area contributed by atoms with E-state index in [9.17, 15) is 0 Å². The second kappa shape index (κ2) is 8.44. The molecule has 0 saturated heterocycles. The van der Waals surface area contributed by atoms with Crippen LogP contribution < -0.4 is 10.2 Å². The molecule has 154 valence electrons. The summed E-state index contributed by atoms with van der Waals surface area (Å²) in [6.45, 7) is 12.8. The van der Waals surface area contributed by atoms with Crippen molar-refractivity contribution >= 4 is 38.7 Å². The minimum absolute atomic E-state index is 0.855. The summed E-state index contributed by atoms with van der Waals surface area (Å²) in [5.41, 5.74) is 8.51. The van der Waals surface area contributed by atoms with Crippen molar-refractivity contribution in [3.63, 3.8) is 0 Å².